The molecule has 10 heteroatoms. The molecular weight excluding hydrogens is 372 g/mol. The normalized spacial score (nSPS) is 14.3. The number of nitrogens with zero attached hydrogens (tertiary/aromatic N) is 1. The van der Waals surface area contributed by atoms with Crippen molar-refractivity contribution in [1.82, 2.24) is 20.6 Å². The van der Waals surface area contributed by atoms with Gasteiger partial charge in [-0.1, -0.05) is 12.8 Å². The Morgan fingerprint density at radius 2 is 1.96 bits per heavy atom. The molecule has 0 saturated heterocycles. The van der Waals surface area contributed by atoms with Gasteiger partial charge in [0.25, 0.3) is 11.5 Å². The number of carbonyl (C=O) groups is 3. The zero-order chi connectivity index (χ0) is 19.6. The largest absolute Gasteiger partial charge is 0.451 e. The van der Waals surface area contributed by atoms with Gasteiger partial charge in [0.05, 0.1) is 5.39 Å². The molecule has 3 amide bonds. The number of aryl methyl sites for hydroxylation is 2. The first-order chi connectivity index (χ1) is 12.8. The molecule has 144 valence electrons. The fourth-order valence-electron chi connectivity index (χ4n) is 3.10. The first-order valence-electron chi connectivity index (χ1n) is 8.62. The summed E-state index contributed by atoms with van der Waals surface area (Å²) in [5.41, 5.74) is 0.125. The number of nitrogens with one attached hydrogen (secondary N) is 3. The topological polar surface area (TPSA) is 130 Å². The third-order valence-electron chi connectivity index (χ3n) is 4.38. The Morgan fingerprint density at radius 1 is 1.26 bits per heavy atom. The molecule has 27 heavy (non-hydrogen) atoms. The van der Waals surface area contributed by atoms with Crippen molar-refractivity contribution in [3.05, 3.63) is 26.6 Å². The number of rotatable bonds is 4. The van der Waals surface area contributed by atoms with Gasteiger partial charge in [-0.15, -0.1) is 11.3 Å². The summed E-state index contributed by atoms with van der Waals surface area (Å²) in [6.07, 6.45) is 3.91. The van der Waals surface area contributed by atoms with Crippen LogP contribution in [0.2, 0.25) is 0 Å². The second kappa shape index (κ2) is 7.87. The molecule has 1 aliphatic rings. The number of aromatic amines is 1. The van der Waals surface area contributed by atoms with Gasteiger partial charge in [0.1, 0.15) is 15.5 Å². The highest BCUT2D eigenvalue weighted by Crippen LogP contribution is 2.27. The number of esters is 1. The SMILES string of the molecule is Cc1nc2sc(C(=O)OCC(=O)NC(=O)NC3CCCC3)c(C)c2c(=O)[nH]1. The molecule has 0 atom stereocenters. The van der Waals surface area contributed by atoms with Gasteiger partial charge >= 0.3 is 12.0 Å². The van der Waals surface area contributed by atoms with Crippen molar-refractivity contribution in [2.75, 3.05) is 6.61 Å². The van der Waals surface area contributed by atoms with Crippen LogP contribution in [0, 0.1) is 13.8 Å². The Kier molecular flexibility index (Phi) is 5.54. The van der Waals surface area contributed by atoms with E-state index in [0.29, 0.717) is 21.6 Å². The molecule has 2 aromatic rings. The maximum atomic E-state index is 12.3. The predicted octanol–water partition coefficient (Wildman–Crippen LogP) is 1.53. The van der Waals surface area contributed by atoms with E-state index in [1.807, 2.05) is 0 Å². The van der Waals surface area contributed by atoms with Crippen molar-refractivity contribution >= 4 is 39.5 Å². The highest BCUT2D eigenvalue weighted by atomic mass is 32.1. The van der Waals surface area contributed by atoms with E-state index in [1.54, 1.807) is 13.8 Å². The number of ether oxygens (including phenoxy) is 1. The van der Waals surface area contributed by atoms with Gasteiger partial charge in [0.2, 0.25) is 0 Å². The van der Waals surface area contributed by atoms with E-state index >= 15 is 0 Å². The summed E-state index contributed by atoms with van der Waals surface area (Å²) in [4.78, 5) is 55.3. The second-order valence-electron chi connectivity index (χ2n) is 6.47. The molecule has 0 radical (unpaired) electrons. The van der Waals surface area contributed by atoms with Crippen LogP contribution in [0.5, 0.6) is 0 Å². The summed E-state index contributed by atoms with van der Waals surface area (Å²) >= 11 is 1.03. The van der Waals surface area contributed by atoms with Gasteiger partial charge in [0.15, 0.2) is 6.61 Å². The molecule has 0 aromatic carbocycles. The highest BCUT2D eigenvalue weighted by molar-refractivity contribution is 7.20. The summed E-state index contributed by atoms with van der Waals surface area (Å²) in [5.74, 6) is -1.01. The number of amides is 3. The van der Waals surface area contributed by atoms with E-state index in [0.717, 1.165) is 37.0 Å². The third kappa shape index (κ3) is 4.33. The van der Waals surface area contributed by atoms with Gasteiger partial charge in [-0.25, -0.2) is 14.6 Å². The van der Waals surface area contributed by atoms with Crippen molar-refractivity contribution in [2.24, 2.45) is 0 Å². The number of hydrogen-bond donors (Lipinski definition) is 3. The van der Waals surface area contributed by atoms with Crippen LogP contribution in [-0.2, 0) is 9.53 Å². The minimum atomic E-state index is -0.737. The predicted molar refractivity (Wildman–Crippen MR) is 98.9 cm³/mol. The van der Waals surface area contributed by atoms with Crippen LogP contribution in [0.15, 0.2) is 4.79 Å². The van der Waals surface area contributed by atoms with Gasteiger partial charge in [-0.05, 0) is 32.3 Å². The van der Waals surface area contributed by atoms with E-state index in [2.05, 4.69) is 20.6 Å². The van der Waals surface area contributed by atoms with Crippen LogP contribution in [0.3, 0.4) is 0 Å². The molecule has 0 unspecified atom stereocenters. The van der Waals surface area contributed by atoms with Gasteiger partial charge in [-0.2, -0.15) is 0 Å². The molecule has 2 heterocycles. The zero-order valence-corrected chi connectivity index (χ0v) is 15.8. The highest BCUT2D eigenvalue weighted by Gasteiger charge is 2.22. The Morgan fingerprint density at radius 3 is 2.67 bits per heavy atom. The lowest BCUT2D eigenvalue weighted by Crippen LogP contribution is -2.44. The maximum Gasteiger partial charge on any atom is 0.349 e. The van der Waals surface area contributed by atoms with E-state index < -0.39 is 24.5 Å². The molecule has 3 rings (SSSR count). The van der Waals surface area contributed by atoms with Gasteiger partial charge in [-0.3, -0.25) is 14.9 Å². The number of urea groups is 1. The Labute approximate surface area is 158 Å². The summed E-state index contributed by atoms with van der Waals surface area (Å²) in [6, 6.07) is -0.511. The number of fused-ring (bicyclic) bond motifs is 1. The molecule has 2 aromatic heterocycles. The van der Waals surface area contributed by atoms with Crippen LogP contribution in [0.1, 0.15) is 46.7 Å². The number of H-pyrrole nitrogens is 1. The van der Waals surface area contributed by atoms with Crippen LogP contribution >= 0.6 is 11.3 Å². The minimum absolute atomic E-state index is 0.0793. The van der Waals surface area contributed by atoms with E-state index in [1.165, 1.54) is 0 Å². The molecule has 1 saturated carbocycles. The second-order valence-corrected chi connectivity index (χ2v) is 7.47. The third-order valence-corrected chi connectivity index (χ3v) is 5.55. The smallest absolute Gasteiger partial charge is 0.349 e. The van der Waals surface area contributed by atoms with Crippen LogP contribution in [-0.4, -0.2) is 40.5 Å². The van der Waals surface area contributed by atoms with Crippen LogP contribution in [0.4, 0.5) is 4.79 Å². The summed E-state index contributed by atoms with van der Waals surface area (Å²) < 4.78 is 4.98. The average Bonchev–Trinajstić information content (AvgIpc) is 3.20. The van der Waals surface area contributed by atoms with Crippen molar-refractivity contribution in [1.29, 1.82) is 0 Å². The molecular formula is C17H20N4O5S. The van der Waals surface area contributed by atoms with Crippen molar-refractivity contribution in [3.63, 3.8) is 0 Å². The average molecular weight is 392 g/mol. The van der Waals surface area contributed by atoms with E-state index in [9.17, 15) is 19.2 Å². The van der Waals surface area contributed by atoms with E-state index in [4.69, 9.17) is 4.74 Å². The number of thiophene rings is 1. The summed E-state index contributed by atoms with van der Waals surface area (Å²) in [6.45, 7) is 2.68. The van der Waals surface area contributed by atoms with Crippen LogP contribution < -0.4 is 16.2 Å². The zero-order valence-electron chi connectivity index (χ0n) is 15.0. The lowest BCUT2D eigenvalue weighted by Gasteiger charge is -2.12. The fraction of sp³-hybridized carbons (Fsp3) is 0.471. The van der Waals surface area contributed by atoms with Crippen molar-refractivity contribution < 1.29 is 19.1 Å². The van der Waals surface area contributed by atoms with Crippen molar-refractivity contribution in [3.8, 4) is 0 Å². The van der Waals surface area contributed by atoms with Crippen LogP contribution in [0.25, 0.3) is 10.2 Å². The summed E-state index contributed by atoms with van der Waals surface area (Å²) in [5, 5.41) is 5.18. The first-order valence-corrected chi connectivity index (χ1v) is 9.44. The molecule has 0 spiro atoms. The lowest BCUT2D eigenvalue weighted by molar-refractivity contribution is -0.123. The Bertz CT molecular complexity index is 958. The Hall–Kier alpha value is -2.75. The fourth-order valence-corrected chi connectivity index (χ4v) is 4.22. The maximum absolute atomic E-state index is 12.3. The Balaban J connectivity index is 1.59. The lowest BCUT2D eigenvalue weighted by atomic mass is 10.2. The number of hydrogen-bond acceptors (Lipinski definition) is 7. The van der Waals surface area contributed by atoms with Gasteiger partial charge < -0.3 is 15.0 Å². The molecule has 0 bridgehead atoms. The molecule has 0 aliphatic heterocycles. The van der Waals surface area contributed by atoms with E-state index in [-0.39, 0.29) is 16.5 Å². The first kappa shape index (κ1) is 19.0. The monoisotopic (exact) mass is 392 g/mol. The number of imide groups is 1. The minimum Gasteiger partial charge on any atom is -0.451 e. The molecule has 1 aliphatic carbocycles. The standard InChI is InChI=1S/C17H20N4O5S/c1-8-12-14(23)18-9(2)19-15(12)27-13(8)16(24)26-7-11(22)21-17(25)20-10-5-3-4-6-10/h10H,3-7H2,1-2H3,(H,18,19,23)(H2,20,21,22,25). The van der Waals surface area contributed by atoms with Gasteiger partial charge in [0, 0.05) is 6.04 Å². The quantitative estimate of drug-likeness (QED) is 0.677. The number of aromatic nitrogens is 2. The number of carbonyl (C=O) groups excluding carboxylic acids is 3. The molecule has 9 nitrogen and oxygen atoms in total. The molecule has 3 N–H and O–H groups in total. The summed E-state index contributed by atoms with van der Waals surface area (Å²) in [7, 11) is 0. The van der Waals surface area contributed by atoms with Crippen molar-refractivity contribution in [2.45, 2.75) is 45.6 Å². The molecule has 1 fully saturated rings.